The summed E-state index contributed by atoms with van der Waals surface area (Å²) < 4.78 is 22.2. The number of aliphatic hydroxyl groups excluding tert-OH is 1. The van der Waals surface area contributed by atoms with Crippen molar-refractivity contribution in [1.82, 2.24) is 52.0 Å². The number of aliphatic hydroxyl groups is 1. The van der Waals surface area contributed by atoms with Gasteiger partial charge >= 0.3 is 19.8 Å². The van der Waals surface area contributed by atoms with Gasteiger partial charge in [0.05, 0.1) is 42.4 Å². The number of phosphoric ester groups is 1. The molecule has 0 radical (unpaired) electrons. The molecule has 29 nitrogen and oxygen atoms in total. The highest BCUT2D eigenvalue weighted by Gasteiger charge is 2.45. The van der Waals surface area contributed by atoms with E-state index in [0.717, 1.165) is 46.9 Å². The number of nitrogens with zero attached hydrogens (tertiary/aromatic N) is 2. The fourth-order valence-electron chi connectivity index (χ4n) is 8.95. The third kappa shape index (κ3) is 15.0. The van der Waals surface area contributed by atoms with Gasteiger partial charge in [-0.05, 0) is 29.9 Å². The average Bonchev–Trinajstić information content (AvgIpc) is 4.07. The average molecular weight is 1130 g/mol. The van der Waals surface area contributed by atoms with Crippen molar-refractivity contribution in [2.24, 2.45) is 11.8 Å². The lowest BCUT2D eigenvalue weighted by atomic mass is 9.96. The van der Waals surface area contributed by atoms with Crippen LogP contribution in [0.15, 0.2) is 29.3 Å². The first-order valence-corrected chi connectivity index (χ1v) is 27.4. The van der Waals surface area contributed by atoms with Crippen molar-refractivity contribution in [3.8, 4) is 5.75 Å². The van der Waals surface area contributed by atoms with Crippen LogP contribution >= 0.6 is 19.6 Å². The lowest BCUT2D eigenvalue weighted by molar-refractivity contribution is -0.148. The number of imide groups is 2. The first-order chi connectivity index (χ1) is 36.8. The van der Waals surface area contributed by atoms with Crippen molar-refractivity contribution in [2.45, 2.75) is 120 Å². The van der Waals surface area contributed by atoms with E-state index >= 15 is 0 Å². The number of urea groups is 1. The molecule has 1 aromatic carbocycles. The molecule has 1 fully saturated rings. The van der Waals surface area contributed by atoms with Crippen LogP contribution in [0, 0.1) is 11.8 Å². The van der Waals surface area contributed by atoms with Crippen molar-refractivity contribution in [3.63, 3.8) is 0 Å². The third-order valence-corrected chi connectivity index (χ3v) is 15.1. The largest absolute Gasteiger partial charge is 0.524 e. The van der Waals surface area contributed by atoms with Crippen LogP contribution in [0.3, 0.4) is 0 Å². The topological polar surface area (TPSA) is 420 Å². The van der Waals surface area contributed by atoms with Gasteiger partial charge in [-0.2, -0.15) is 0 Å². The Morgan fingerprint density at radius 2 is 1.51 bits per heavy atom. The van der Waals surface area contributed by atoms with Crippen molar-refractivity contribution >= 4 is 107 Å². The fourth-order valence-corrected chi connectivity index (χ4v) is 10.5. The Bertz CT molecular complexity index is 2820. The molecular weight excluding hydrogens is 1070 g/mol. The number of carbonyl (C=O) groups is 12. The van der Waals surface area contributed by atoms with Crippen LogP contribution in [0.5, 0.6) is 5.75 Å². The van der Waals surface area contributed by atoms with Gasteiger partial charge in [0.2, 0.25) is 41.4 Å². The summed E-state index contributed by atoms with van der Waals surface area (Å²) in [4.78, 5) is 189. The maximum atomic E-state index is 14.7. The predicted octanol–water partition coefficient (Wildman–Crippen LogP) is -2.19. The molecule has 6 rings (SSSR count). The molecule has 0 aliphatic carbocycles. The molecule has 4 aliphatic heterocycles. The highest BCUT2D eigenvalue weighted by molar-refractivity contribution is 7.99. The Balaban J connectivity index is 1.55. The number of nitrogens with one attached hydrogen (secondary N) is 9. The summed E-state index contributed by atoms with van der Waals surface area (Å²) >= 11 is 0.784. The van der Waals surface area contributed by atoms with E-state index in [9.17, 15) is 77.0 Å². The first-order valence-electron chi connectivity index (χ1n) is 24.9. The maximum absolute atomic E-state index is 14.7. The Morgan fingerprint density at radius 3 is 2.15 bits per heavy atom. The predicted molar refractivity (Wildman–Crippen MR) is 272 cm³/mol. The normalized spacial score (nSPS) is 24.9. The van der Waals surface area contributed by atoms with Gasteiger partial charge in [0.1, 0.15) is 36.3 Å². The number of carbonyl (C=O) groups excluding carboxylic acids is 12. The molecule has 2 aromatic rings. The molecule has 0 saturated carbocycles. The van der Waals surface area contributed by atoms with Crippen LogP contribution in [0.25, 0.3) is 10.9 Å². The number of hydrogen-bond acceptors (Lipinski definition) is 17. The zero-order valence-electron chi connectivity index (χ0n) is 43.0. The lowest BCUT2D eigenvalue weighted by Gasteiger charge is -2.31. The van der Waals surface area contributed by atoms with Crippen LogP contribution in [0.4, 0.5) is 10.5 Å². The molecule has 1 aromatic heterocycles. The Morgan fingerprint density at radius 1 is 0.846 bits per heavy atom. The second kappa shape index (κ2) is 25.8. The zero-order chi connectivity index (χ0) is 57.3. The number of benzene rings is 1. The molecule has 2 bridgehead atoms. The van der Waals surface area contributed by atoms with Gasteiger partial charge in [-0.25, -0.2) is 9.36 Å². The minimum atomic E-state index is -5.40. The van der Waals surface area contributed by atoms with E-state index in [0.29, 0.717) is 6.42 Å². The van der Waals surface area contributed by atoms with E-state index in [1.807, 2.05) is 0 Å². The number of fused-ring (bicyclic) bond motifs is 5. The summed E-state index contributed by atoms with van der Waals surface area (Å²) in [6.45, 7) is 5.19. The van der Waals surface area contributed by atoms with Crippen molar-refractivity contribution in [1.29, 1.82) is 0 Å². The van der Waals surface area contributed by atoms with Crippen LogP contribution in [0.1, 0.15) is 71.8 Å². The van der Waals surface area contributed by atoms with Crippen LogP contribution in [-0.4, -0.2) is 176 Å². The summed E-state index contributed by atoms with van der Waals surface area (Å²) in [5.41, 5.74) is -0.294. The summed E-state index contributed by atoms with van der Waals surface area (Å²) in [5, 5.41) is 30.7. The number of anilines is 1. The number of aromatic nitrogens is 1. The molecular formula is C47H62N11O18PS. The van der Waals surface area contributed by atoms with Gasteiger partial charge < -0.3 is 61.5 Å². The number of rotatable bonds is 13. The van der Waals surface area contributed by atoms with Crippen LogP contribution in [-0.2, 0) is 68.5 Å². The number of thioether (sulfide) groups is 1. The van der Waals surface area contributed by atoms with E-state index in [4.69, 9.17) is 9.26 Å². The number of esters is 1. The Hall–Kier alpha value is -7.40. The monoisotopic (exact) mass is 1130 g/mol. The van der Waals surface area contributed by atoms with Gasteiger partial charge in [-0.3, -0.25) is 72.7 Å². The van der Waals surface area contributed by atoms with Crippen LogP contribution < -0.4 is 47.1 Å². The van der Waals surface area contributed by atoms with Gasteiger partial charge in [0, 0.05) is 61.7 Å². The molecule has 78 heavy (non-hydrogen) atoms. The number of H-pyrrole nitrogens is 1. The molecule has 9 atom stereocenters. The van der Waals surface area contributed by atoms with Crippen LogP contribution in [0.2, 0.25) is 0 Å². The lowest BCUT2D eigenvalue weighted by Crippen LogP contribution is -2.61. The summed E-state index contributed by atoms with van der Waals surface area (Å²) in [6.07, 6.45) is -0.779. The van der Waals surface area contributed by atoms with Gasteiger partial charge in [-0.1, -0.05) is 40.5 Å². The molecule has 12 amide bonds. The zero-order valence-corrected chi connectivity index (χ0v) is 44.7. The number of ether oxygens (including phenoxy) is 1. The molecule has 424 valence electrons. The Labute approximate surface area is 449 Å². The molecule has 0 unspecified atom stereocenters. The number of methoxy groups -OCH3 is 1. The smallest absolute Gasteiger partial charge is 0.469 e. The van der Waals surface area contributed by atoms with Crippen molar-refractivity contribution in [2.75, 3.05) is 37.8 Å². The summed E-state index contributed by atoms with van der Waals surface area (Å²) in [7, 11) is -4.38. The summed E-state index contributed by atoms with van der Waals surface area (Å²) in [6, 6.07) is -8.56. The second-order valence-electron chi connectivity index (χ2n) is 19.1. The minimum Gasteiger partial charge on any atom is -0.469 e. The molecule has 5 heterocycles. The van der Waals surface area contributed by atoms with E-state index in [1.54, 1.807) is 27.7 Å². The van der Waals surface area contributed by atoms with Crippen molar-refractivity contribution < 1.29 is 86.3 Å². The Kier molecular flexibility index (Phi) is 19.8. The summed E-state index contributed by atoms with van der Waals surface area (Å²) in [5.74, 6) is -12.4. The first kappa shape index (κ1) is 59.8. The molecule has 4 aliphatic rings. The van der Waals surface area contributed by atoms with Gasteiger partial charge in [0.25, 0.3) is 17.7 Å². The molecule has 0 spiro atoms. The van der Waals surface area contributed by atoms with Gasteiger partial charge in [0.15, 0.2) is 5.75 Å². The van der Waals surface area contributed by atoms with E-state index in [-0.39, 0.29) is 59.4 Å². The number of amides is 12. The van der Waals surface area contributed by atoms with E-state index < -0.39 is 171 Å². The molecule has 12 N–H and O–H groups in total. The standard InChI is InChI=1S/C47H62N11O18PS/c1-6-21(3)38-43(68)48-18-34(61)50-30-20-78-45-25(24-14-27(32(16-26(24)53-45)76-77(72,73)74)49-33(60)9-8-12-57-35(62)10-11-36(57)63)15-28(40(65)56-47(71)55-38)51-44(69)39(22(4)7-2)54-42(67)31-13-23(59)19-58(31)46(70)29(52-41(30)66)17-37(64)75-5/h10-11,14,16,21-23,28-31,38-39,53,59H,6-9,12-13,15,17-20H2,1-5H3,(H,48,68)(H,49,60)(H,50,61)(H,51,69)(H,52,66)(H,54,67)(H2,72,73,74)(H2,55,56,65,71)/t21-,22-,23+,28-,29-,30-,31-,38-,39-/m0/s1. The SMILES string of the molecule is CC[C@H](C)[C@@H]1NC(=O)NC(=O)[C@@H]2Cc3c([nH]c4cc(OP(=O)(O)O)c(NC(=O)CCCN5C(=O)C=CC5=O)cc34)SC[C@H](NC(=O)CNC1=O)C(=O)N[C@@H](CC(=O)OC)C(=O)N1C[C@H](O)C[C@H]1C(=O)N[C@@H]([C@@H](C)CC)C(=O)N2. The third-order valence-electron chi connectivity index (χ3n) is 13.5. The van der Waals surface area contributed by atoms with Crippen molar-refractivity contribution in [3.05, 3.63) is 29.8 Å². The van der Waals surface area contributed by atoms with E-state index in [2.05, 4.69) is 47.5 Å². The molecule has 31 heteroatoms. The second-order valence-corrected chi connectivity index (χ2v) is 21.3. The fraction of sp³-hybridized carbons (Fsp3) is 0.532. The highest BCUT2D eigenvalue weighted by Crippen LogP contribution is 2.44. The quantitative estimate of drug-likeness (QED) is 0.0576. The molecule has 1 saturated heterocycles. The van der Waals surface area contributed by atoms with E-state index in [1.165, 1.54) is 6.07 Å². The highest BCUT2D eigenvalue weighted by atomic mass is 32.2. The minimum absolute atomic E-state index is 0.00330. The maximum Gasteiger partial charge on any atom is 0.524 e. The number of hydrogen-bond donors (Lipinski definition) is 12. The number of phosphoric acid groups is 1. The van der Waals surface area contributed by atoms with Gasteiger partial charge in [-0.15, -0.1) is 11.8 Å². The number of aromatic amines is 1.